The second-order valence-corrected chi connectivity index (χ2v) is 9.46. The number of aromatic amines is 1. The molecule has 0 spiro atoms. The van der Waals surface area contributed by atoms with Crippen LogP contribution in [0.4, 0.5) is 11.6 Å². The van der Waals surface area contributed by atoms with Crippen LogP contribution >= 0.6 is 0 Å². The number of nitrogens with zero attached hydrogens (tertiary/aromatic N) is 2. The highest BCUT2D eigenvalue weighted by Gasteiger charge is 2.34. The van der Waals surface area contributed by atoms with Crippen molar-refractivity contribution in [3.05, 3.63) is 52.6 Å². The Labute approximate surface area is 191 Å². The number of H-pyrrole nitrogens is 1. The normalized spacial score (nSPS) is 21.6. The molecule has 6 nitrogen and oxygen atoms in total. The van der Waals surface area contributed by atoms with Gasteiger partial charge in [-0.25, -0.2) is 4.98 Å². The van der Waals surface area contributed by atoms with Crippen molar-refractivity contribution in [1.82, 2.24) is 0 Å². The molecule has 32 heavy (non-hydrogen) atoms. The third-order valence-electron chi connectivity index (χ3n) is 7.29. The van der Waals surface area contributed by atoms with Crippen molar-refractivity contribution in [2.75, 3.05) is 43.1 Å². The molecule has 1 unspecified atom stereocenters. The van der Waals surface area contributed by atoms with Crippen molar-refractivity contribution in [3.63, 3.8) is 0 Å². The summed E-state index contributed by atoms with van der Waals surface area (Å²) in [5.41, 5.74) is 4.79. The molecule has 0 bridgehead atoms. The van der Waals surface area contributed by atoms with Gasteiger partial charge in [0.25, 0.3) is 0 Å². The Bertz CT molecular complexity index is 958. The molecule has 1 saturated carbocycles. The maximum atomic E-state index is 10.2. The molecule has 168 valence electrons. The highest BCUT2D eigenvalue weighted by molar-refractivity contribution is 5.62. The van der Waals surface area contributed by atoms with E-state index in [2.05, 4.69) is 51.6 Å². The summed E-state index contributed by atoms with van der Waals surface area (Å²) < 4.78 is 5.57. The lowest BCUT2D eigenvalue weighted by molar-refractivity contribution is -0.929. The van der Waals surface area contributed by atoms with Gasteiger partial charge in [0.15, 0.2) is 0 Å². The third kappa shape index (κ3) is 4.60. The van der Waals surface area contributed by atoms with Gasteiger partial charge in [-0.3, -0.25) is 4.90 Å². The van der Waals surface area contributed by atoms with Gasteiger partial charge >= 0.3 is 0 Å². The molecule has 0 amide bonds. The fraction of sp³-hybridized carbons (Fsp3) is 0.538. The average molecular weight is 434 g/mol. The zero-order chi connectivity index (χ0) is 21.8. The van der Waals surface area contributed by atoms with Crippen LogP contribution in [0.15, 0.2) is 30.3 Å². The quantitative estimate of drug-likeness (QED) is 0.758. The van der Waals surface area contributed by atoms with E-state index in [0.717, 1.165) is 69.6 Å². The molecule has 3 heterocycles. The standard InChI is InChI=1S/C26H33N5O/c27-17-23-22-11-12-30(18-20-7-3-1-4-8-20)19-24(22)25(28-21-9-5-2-6-10-21)29-26(23)31-13-15-32-16-14-31/h1,3-4,7-8,21H,2,5-6,9-16,18-19H2,(H,28,29)/p+2. The van der Waals surface area contributed by atoms with Crippen molar-refractivity contribution >= 4 is 11.6 Å². The number of ether oxygens (including phenoxy) is 1. The van der Waals surface area contributed by atoms with E-state index in [0.29, 0.717) is 6.04 Å². The Morgan fingerprint density at radius 2 is 1.88 bits per heavy atom. The molecule has 3 aliphatic rings. The van der Waals surface area contributed by atoms with Gasteiger partial charge in [-0.1, -0.05) is 49.6 Å². The number of nitrogens with one attached hydrogen (secondary N) is 3. The zero-order valence-electron chi connectivity index (χ0n) is 19.0. The molecule has 3 N–H and O–H groups in total. The number of anilines is 2. The van der Waals surface area contributed by atoms with E-state index < -0.39 is 0 Å². The predicted octanol–water partition coefficient (Wildman–Crippen LogP) is 2.09. The Hall–Kier alpha value is -2.62. The Morgan fingerprint density at radius 3 is 2.62 bits per heavy atom. The molecule has 1 aromatic carbocycles. The van der Waals surface area contributed by atoms with Gasteiger partial charge in [0.1, 0.15) is 24.7 Å². The molecule has 0 radical (unpaired) electrons. The summed E-state index contributed by atoms with van der Waals surface area (Å²) in [6.07, 6.45) is 7.37. The van der Waals surface area contributed by atoms with Crippen molar-refractivity contribution in [2.45, 2.75) is 57.7 Å². The minimum absolute atomic E-state index is 0.522. The van der Waals surface area contributed by atoms with Crippen LogP contribution in [-0.2, 0) is 24.2 Å². The van der Waals surface area contributed by atoms with Crippen LogP contribution in [0.5, 0.6) is 0 Å². The first-order valence-electron chi connectivity index (χ1n) is 12.3. The summed E-state index contributed by atoms with van der Waals surface area (Å²) in [6.45, 7) is 6.14. The van der Waals surface area contributed by atoms with Crippen LogP contribution in [0.1, 0.15) is 54.4 Å². The number of quaternary nitrogens is 1. The molecule has 1 atom stereocenters. The monoisotopic (exact) mass is 433 g/mol. The van der Waals surface area contributed by atoms with Crippen molar-refractivity contribution in [3.8, 4) is 6.07 Å². The van der Waals surface area contributed by atoms with Gasteiger partial charge in [-0.2, -0.15) is 5.26 Å². The van der Waals surface area contributed by atoms with Gasteiger partial charge in [0.2, 0.25) is 11.6 Å². The van der Waals surface area contributed by atoms with Gasteiger partial charge in [-0.05, 0) is 18.4 Å². The Kier molecular flexibility index (Phi) is 6.56. The van der Waals surface area contributed by atoms with Crippen LogP contribution in [0.3, 0.4) is 0 Å². The van der Waals surface area contributed by atoms with E-state index in [4.69, 9.17) is 4.74 Å². The fourth-order valence-corrected chi connectivity index (χ4v) is 5.57. The number of hydrogen-bond acceptors (Lipinski definition) is 4. The Balaban J connectivity index is 1.48. The first kappa shape index (κ1) is 21.2. The first-order chi connectivity index (χ1) is 15.8. The van der Waals surface area contributed by atoms with E-state index in [-0.39, 0.29) is 0 Å². The number of hydrogen-bond donors (Lipinski definition) is 2. The van der Waals surface area contributed by atoms with E-state index in [1.807, 2.05) is 0 Å². The summed E-state index contributed by atoms with van der Waals surface area (Å²) in [6, 6.07) is 13.9. The number of nitriles is 1. The predicted molar refractivity (Wildman–Crippen MR) is 125 cm³/mol. The van der Waals surface area contributed by atoms with Gasteiger partial charge in [0, 0.05) is 12.0 Å². The summed E-state index contributed by atoms with van der Waals surface area (Å²) in [7, 11) is 0. The number of aromatic nitrogens is 1. The minimum atomic E-state index is 0.522. The number of rotatable bonds is 5. The summed E-state index contributed by atoms with van der Waals surface area (Å²) in [5, 5.41) is 14.1. The number of pyridine rings is 1. The van der Waals surface area contributed by atoms with Gasteiger partial charge in [-0.15, -0.1) is 0 Å². The van der Waals surface area contributed by atoms with E-state index in [9.17, 15) is 5.26 Å². The van der Waals surface area contributed by atoms with Crippen LogP contribution in [-0.4, -0.2) is 38.9 Å². The van der Waals surface area contributed by atoms with Crippen molar-refractivity contribution < 1.29 is 14.6 Å². The molecular formula is C26H35N5O+2. The zero-order valence-corrected chi connectivity index (χ0v) is 19.0. The summed E-state index contributed by atoms with van der Waals surface area (Å²) in [5.74, 6) is 2.14. The van der Waals surface area contributed by atoms with E-state index in [1.54, 1.807) is 4.90 Å². The minimum Gasteiger partial charge on any atom is -0.375 e. The topological polar surface area (TPSA) is 66.9 Å². The lowest BCUT2D eigenvalue weighted by Crippen LogP contribution is -3.10. The molecular weight excluding hydrogens is 398 g/mol. The first-order valence-corrected chi connectivity index (χ1v) is 12.3. The lowest BCUT2D eigenvalue weighted by Gasteiger charge is -2.31. The van der Waals surface area contributed by atoms with Crippen LogP contribution in [0.25, 0.3) is 0 Å². The van der Waals surface area contributed by atoms with Crippen LogP contribution < -0.4 is 20.1 Å². The molecule has 1 aromatic heterocycles. The van der Waals surface area contributed by atoms with Crippen molar-refractivity contribution in [1.29, 1.82) is 5.26 Å². The lowest BCUT2D eigenvalue weighted by atomic mass is 9.93. The SMILES string of the molecule is N#Cc1c(N2CCOCC2)[nH+]c(NC2CCCCC2)c2c1CC[NH+](Cc1ccccc1)C2. The fourth-order valence-electron chi connectivity index (χ4n) is 5.57. The van der Waals surface area contributed by atoms with Crippen molar-refractivity contribution in [2.24, 2.45) is 0 Å². The number of benzene rings is 1. The second kappa shape index (κ2) is 9.89. The average Bonchev–Trinajstić information content (AvgIpc) is 2.86. The maximum absolute atomic E-state index is 10.2. The Morgan fingerprint density at radius 1 is 1.09 bits per heavy atom. The molecule has 5 rings (SSSR count). The smallest absolute Gasteiger partial charge is 0.240 e. The third-order valence-corrected chi connectivity index (χ3v) is 7.29. The molecule has 6 heteroatoms. The second-order valence-electron chi connectivity index (χ2n) is 9.46. The van der Waals surface area contributed by atoms with Gasteiger partial charge < -0.3 is 15.0 Å². The molecule has 2 fully saturated rings. The van der Waals surface area contributed by atoms with Crippen LogP contribution in [0.2, 0.25) is 0 Å². The van der Waals surface area contributed by atoms with E-state index in [1.165, 1.54) is 48.8 Å². The highest BCUT2D eigenvalue weighted by atomic mass is 16.5. The van der Waals surface area contributed by atoms with E-state index >= 15 is 0 Å². The number of morpholine rings is 1. The summed E-state index contributed by atoms with van der Waals surface area (Å²) in [4.78, 5) is 7.58. The number of fused-ring (bicyclic) bond motifs is 1. The highest BCUT2D eigenvalue weighted by Crippen LogP contribution is 2.30. The van der Waals surface area contributed by atoms with Gasteiger partial charge in [0.05, 0.1) is 44.5 Å². The largest absolute Gasteiger partial charge is 0.375 e. The maximum Gasteiger partial charge on any atom is 0.240 e. The summed E-state index contributed by atoms with van der Waals surface area (Å²) >= 11 is 0. The van der Waals surface area contributed by atoms with Crippen LogP contribution in [0, 0.1) is 11.3 Å². The molecule has 1 aliphatic carbocycles. The molecule has 2 aromatic rings. The molecule has 2 aliphatic heterocycles. The molecule has 1 saturated heterocycles.